The molecule has 0 bridgehead atoms. The summed E-state index contributed by atoms with van der Waals surface area (Å²) in [5, 5.41) is 2.70. The zero-order chi connectivity index (χ0) is 18.6. The number of carbonyl (C=O) groups excluding carboxylic acids is 1. The van der Waals surface area contributed by atoms with E-state index in [1.54, 1.807) is 39.0 Å². The third-order valence-electron chi connectivity index (χ3n) is 3.84. The molecule has 3 N–H and O–H groups in total. The lowest BCUT2D eigenvalue weighted by Crippen LogP contribution is -2.30. The minimum absolute atomic E-state index is 0. The van der Waals surface area contributed by atoms with Crippen LogP contribution in [0.15, 0.2) is 41.4 Å². The van der Waals surface area contributed by atoms with Crippen LogP contribution in [0.5, 0.6) is 0 Å². The van der Waals surface area contributed by atoms with E-state index >= 15 is 0 Å². The third-order valence-corrected chi connectivity index (χ3v) is 5.89. The highest BCUT2D eigenvalue weighted by atomic mass is 35.5. The second-order valence-electron chi connectivity index (χ2n) is 5.49. The average molecular weight is 399 g/mol. The smallest absolute Gasteiger partial charge is 0.256 e. The summed E-state index contributed by atoms with van der Waals surface area (Å²) in [6.07, 6.45) is 1.44. The summed E-state index contributed by atoms with van der Waals surface area (Å²) in [7, 11) is -3.63. The van der Waals surface area contributed by atoms with Crippen LogP contribution in [0.3, 0.4) is 0 Å². The number of nitrogen functional groups attached to an aromatic ring is 1. The Labute approximate surface area is 160 Å². The Bertz CT molecular complexity index is 866. The van der Waals surface area contributed by atoms with E-state index in [1.807, 2.05) is 0 Å². The molecular weight excluding hydrogens is 376 g/mol. The van der Waals surface area contributed by atoms with Gasteiger partial charge in [0.1, 0.15) is 5.82 Å². The topological polar surface area (TPSA) is 105 Å². The minimum Gasteiger partial charge on any atom is -0.384 e. The molecule has 26 heavy (non-hydrogen) atoms. The number of hydrogen-bond acceptors (Lipinski definition) is 5. The zero-order valence-electron chi connectivity index (χ0n) is 14.9. The van der Waals surface area contributed by atoms with Gasteiger partial charge < -0.3 is 11.1 Å². The molecule has 1 aromatic carbocycles. The second kappa shape index (κ2) is 8.98. The third kappa shape index (κ3) is 4.72. The number of sulfonamides is 1. The van der Waals surface area contributed by atoms with E-state index in [2.05, 4.69) is 10.3 Å². The number of amides is 1. The number of benzene rings is 1. The molecule has 0 radical (unpaired) electrons. The van der Waals surface area contributed by atoms with E-state index in [9.17, 15) is 13.2 Å². The molecule has 0 fully saturated rings. The fourth-order valence-corrected chi connectivity index (χ4v) is 3.88. The van der Waals surface area contributed by atoms with Crippen molar-refractivity contribution < 1.29 is 13.2 Å². The van der Waals surface area contributed by atoms with Crippen LogP contribution in [-0.2, 0) is 10.0 Å². The van der Waals surface area contributed by atoms with Gasteiger partial charge in [-0.1, -0.05) is 19.9 Å². The Hall–Kier alpha value is -2.16. The van der Waals surface area contributed by atoms with Crippen LogP contribution in [0.25, 0.3) is 0 Å². The van der Waals surface area contributed by atoms with Crippen LogP contribution >= 0.6 is 12.4 Å². The van der Waals surface area contributed by atoms with Gasteiger partial charge in [-0.2, -0.15) is 4.31 Å². The van der Waals surface area contributed by atoms with Crippen molar-refractivity contribution in [1.29, 1.82) is 0 Å². The molecule has 0 saturated carbocycles. The molecule has 0 spiro atoms. The van der Waals surface area contributed by atoms with Gasteiger partial charge in [0.05, 0.1) is 16.8 Å². The van der Waals surface area contributed by atoms with Crippen molar-refractivity contribution in [3.05, 3.63) is 47.7 Å². The van der Waals surface area contributed by atoms with E-state index in [1.165, 1.54) is 22.6 Å². The monoisotopic (exact) mass is 398 g/mol. The van der Waals surface area contributed by atoms with E-state index in [0.29, 0.717) is 35.7 Å². The van der Waals surface area contributed by atoms with Gasteiger partial charge >= 0.3 is 0 Å². The van der Waals surface area contributed by atoms with Gasteiger partial charge in [0, 0.05) is 18.7 Å². The number of nitrogens with one attached hydrogen (secondary N) is 1. The predicted octanol–water partition coefficient (Wildman–Crippen LogP) is 2.68. The fourth-order valence-electron chi connectivity index (χ4n) is 2.40. The van der Waals surface area contributed by atoms with Gasteiger partial charge in [-0.3, -0.25) is 4.79 Å². The summed E-state index contributed by atoms with van der Waals surface area (Å²) in [6.45, 7) is 6.04. The Morgan fingerprint density at radius 2 is 1.85 bits per heavy atom. The zero-order valence-corrected chi connectivity index (χ0v) is 16.5. The molecule has 1 aromatic heterocycles. The number of carbonyl (C=O) groups is 1. The molecule has 142 valence electrons. The maximum atomic E-state index is 12.6. The van der Waals surface area contributed by atoms with Gasteiger partial charge in [0.25, 0.3) is 5.91 Å². The van der Waals surface area contributed by atoms with Crippen LogP contribution in [0.1, 0.15) is 29.8 Å². The van der Waals surface area contributed by atoms with Gasteiger partial charge in [0.2, 0.25) is 10.0 Å². The lowest BCUT2D eigenvalue weighted by atomic mass is 10.1. The molecule has 1 amide bonds. The van der Waals surface area contributed by atoms with Crippen LogP contribution in [0.2, 0.25) is 0 Å². The summed E-state index contributed by atoms with van der Waals surface area (Å²) in [5.74, 6) is -0.0536. The summed E-state index contributed by atoms with van der Waals surface area (Å²) in [5.41, 5.74) is 6.98. The van der Waals surface area contributed by atoms with E-state index in [4.69, 9.17) is 5.73 Å². The summed E-state index contributed by atoms with van der Waals surface area (Å²) >= 11 is 0. The highest BCUT2D eigenvalue weighted by Gasteiger charge is 2.23. The number of rotatable bonds is 6. The number of pyridine rings is 1. The number of hydrogen-bond donors (Lipinski definition) is 2. The van der Waals surface area contributed by atoms with E-state index < -0.39 is 15.9 Å². The average Bonchev–Trinajstić information content (AvgIpc) is 2.58. The molecule has 2 aromatic rings. The highest BCUT2D eigenvalue weighted by molar-refractivity contribution is 7.89. The van der Waals surface area contributed by atoms with Gasteiger partial charge in [0.15, 0.2) is 0 Å². The van der Waals surface area contributed by atoms with Crippen LogP contribution in [-0.4, -0.2) is 36.7 Å². The lowest BCUT2D eigenvalue weighted by Gasteiger charge is -2.19. The first kappa shape index (κ1) is 21.9. The molecular formula is C17H23ClN4O3S. The molecule has 7 nitrogen and oxygen atoms in total. The van der Waals surface area contributed by atoms with Crippen molar-refractivity contribution in [1.82, 2.24) is 9.29 Å². The number of aromatic nitrogens is 1. The van der Waals surface area contributed by atoms with Crippen LogP contribution < -0.4 is 11.1 Å². The van der Waals surface area contributed by atoms with Crippen molar-refractivity contribution >= 4 is 39.8 Å². The normalized spacial score (nSPS) is 11.1. The Morgan fingerprint density at radius 1 is 1.19 bits per heavy atom. The molecule has 0 saturated heterocycles. The van der Waals surface area contributed by atoms with Gasteiger partial charge in [-0.15, -0.1) is 12.4 Å². The highest BCUT2D eigenvalue weighted by Crippen LogP contribution is 2.20. The largest absolute Gasteiger partial charge is 0.384 e. The number of aryl methyl sites for hydroxylation is 1. The number of halogens is 1. The standard InChI is InChI=1S/C17H22N4O3S.ClH/c1-4-21(5-2)25(23,24)14-8-6-12(3)15(10-14)17(22)20-13-7-9-16(18)19-11-13;/h6-11H,4-5H2,1-3H3,(H2,18,19)(H,20,22);1H. The van der Waals surface area contributed by atoms with Gasteiger partial charge in [-0.05, 0) is 36.8 Å². The van der Waals surface area contributed by atoms with Gasteiger partial charge in [-0.25, -0.2) is 13.4 Å². The SMILES string of the molecule is CCN(CC)S(=O)(=O)c1ccc(C)c(C(=O)Nc2ccc(N)nc2)c1.Cl. The summed E-state index contributed by atoms with van der Waals surface area (Å²) in [6, 6.07) is 7.76. The molecule has 0 aliphatic heterocycles. The number of anilines is 2. The summed E-state index contributed by atoms with van der Waals surface area (Å²) < 4.78 is 26.6. The van der Waals surface area contributed by atoms with Crippen molar-refractivity contribution in [2.24, 2.45) is 0 Å². The lowest BCUT2D eigenvalue weighted by molar-refractivity contribution is 0.102. The first-order chi connectivity index (χ1) is 11.8. The van der Waals surface area contributed by atoms with Crippen molar-refractivity contribution in [2.45, 2.75) is 25.7 Å². The maximum absolute atomic E-state index is 12.6. The van der Waals surface area contributed by atoms with E-state index in [-0.39, 0.29) is 17.3 Å². The Morgan fingerprint density at radius 3 is 2.38 bits per heavy atom. The molecule has 0 aliphatic carbocycles. The number of nitrogens with zero attached hydrogens (tertiary/aromatic N) is 2. The number of nitrogens with two attached hydrogens (primary N) is 1. The minimum atomic E-state index is -3.63. The first-order valence-electron chi connectivity index (χ1n) is 7.93. The van der Waals surface area contributed by atoms with Crippen molar-refractivity contribution in [2.75, 3.05) is 24.1 Å². The Balaban J connectivity index is 0.00000338. The predicted molar refractivity (Wildman–Crippen MR) is 105 cm³/mol. The van der Waals surface area contributed by atoms with Crippen molar-refractivity contribution in [3.8, 4) is 0 Å². The summed E-state index contributed by atoms with van der Waals surface area (Å²) in [4.78, 5) is 16.5. The molecule has 1 heterocycles. The molecule has 0 unspecified atom stereocenters. The molecule has 0 aliphatic rings. The maximum Gasteiger partial charge on any atom is 0.256 e. The van der Waals surface area contributed by atoms with Crippen LogP contribution in [0, 0.1) is 6.92 Å². The molecule has 2 rings (SSSR count). The quantitative estimate of drug-likeness (QED) is 0.778. The first-order valence-corrected chi connectivity index (χ1v) is 9.37. The fraction of sp³-hybridized carbons (Fsp3) is 0.294. The molecule has 9 heteroatoms. The van der Waals surface area contributed by atoms with E-state index in [0.717, 1.165) is 0 Å². The molecule has 0 atom stereocenters. The van der Waals surface area contributed by atoms with Crippen LogP contribution in [0.4, 0.5) is 11.5 Å². The Kier molecular flexibility index (Phi) is 7.55. The second-order valence-corrected chi connectivity index (χ2v) is 7.43. The van der Waals surface area contributed by atoms with Crippen molar-refractivity contribution in [3.63, 3.8) is 0 Å².